The molecule has 1 heterocycles. The average molecular weight is 466 g/mol. The summed E-state index contributed by atoms with van der Waals surface area (Å²) in [5, 5.41) is 13.3. The maximum atomic E-state index is 12.9. The van der Waals surface area contributed by atoms with Gasteiger partial charge in [-0.05, 0) is 43.3 Å². The zero-order valence-electron chi connectivity index (χ0n) is 18.5. The van der Waals surface area contributed by atoms with E-state index in [1.165, 1.54) is 31.2 Å². The van der Waals surface area contributed by atoms with Crippen molar-refractivity contribution in [2.75, 3.05) is 24.8 Å². The van der Waals surface area contributed by atoms with Crippen molar-refractivity contribution in [1.29, 1.82) is 0 Å². The van der Waals surface area contributed by atoms with Crippen molar-refractivity contribution < 1.29 is 33.4 Å². The fraction of sp³-hybridized carbons (Fsp3) is 0.261. The van der Waals surface area contributed by atoms with Gasteiger partial charge in [0.05, 0.1) is 23.5 Å². The number of nitrogens with zero attached hydrogens (tertiary/aromatic N) is 4. The lowest BCUT2D eigenvalue weighted by Gasteiger charge is -2.11. The molecule has 1 atom stereocenters. The number of esters is 3. The van der Waals surface area contributed by atoms with Crippen LogP contribution in [0.1, 0.15) is 24.2 Å². The Hall–Kier alpha value is -4.41. The van der Waals surface area contributed by atoms with Gasteiger partial charge in [0.15, 0.2) is 5.71 Å². The number of hydrazone groups is 1. The summed E-state index contributed by atoms with van der Waals surface area (Å²) in [5.41, 5.74) is 0.893. The van der Waals surface area contributed by atoms with Crippen LogP contribution in [0.3, 0.4) is 0 Å². The van der Waals surface area contributed by atoms with E-state index in [1.54, 1.807) is 37.3 Å². The number of amides is 1. The van der Waals surface area contributed by atoms with Crippen molar-refractivity contribution >= 4 is 40.9 Å². The van der Waals surface area contributed by atoms with Crippen molar-refractivity contribution in [3.05, 3.63) is 60.2 Å². The first-order valence-electron chi connectivity index (χ1n) is 10.4. The van der Waals surface area contributed by atoms with Crippen LogP contribution in [0.15, 0.2) is 69.9 Å². The fourth-order valence-electron chi connectivity index (χ4n) is 2.85. The molecular formula is C23H22N4O7. The maximum Gasteiger partial charge on any atom is 0.357 e. The first-order chi connectivity index (χ1) is 16.4. The van der Waals surface area contributed by atoms with Crippen LogP contribution in [0.4, 0.5) is 11.4 Å². The minimum absolute atomic E-state index is 0.0346. The van der Waals surface area contributed by atoms with Crippen molar-refractivity contribution in [3.63, 3.8) is 0 Å². The maximum absolute atomic E-state index is 12.9. The molecule has 0 aromatic heterocycles. The third-order valence-corrected chi connectivity index (χ3v) is 4.41. The lowest BCUT2D eigenvalue weighted by molar-refractivity contribution is -0.142. The normalized spacial score (nSPS) is 15.2. The standard InChI is InChI=1S/C23H22N4O7/c1-3-32-23(31)20-19(21(29)27(26-20)18-7-5-4-6-8-18)25-24-17-11-9-16(10-12-17)22(30)34-14-13-33-15(2)28/h4-12,19H,3,13-14H2,1-2H3. The highest BCUT2D eigenvalue weighted by Crippen LogP contribution is 2.24. The molecule has 2 aromatic rings. The van der Waals surface area contributed by atoms with Crippen LogP contribution >= 0.6 is 0 Å². The smallest absolute Gasteiger partial charge is 0.357 e. The van der Waals surface area contributed by atoms with E-state index in [2.05, 4.69) is 15.3 Å². The molecule has 11 heteroatoms. The van der Waals surface area contributed by atoms with E-state index in [1.807, 2.05) is 0 Å². The van der Waals surface area contributed by atoms with Crippen molar-refractivity contribution in [3.8, 4) is 0 Å². The van der Waals surface area contributed by atoms with Gasteiger partial charge in [-0.1, -0.05) is 18.2 Å². The topological polar surface area (TPSA) is 136 Å². The second-order valence-corrected chi connectivity index (χ2v) is 6.83. The SMILES string of the molecule is CCOC(=O)C1=NN(c2ccccc2)C(=O)C1N=Nc1ccc(C(=O)OCCOC(C)=O)cc1. The van der Waals surface area contributed by atoms with Gasteiger partial charge < -0.3 is 14.2 Å². The Morgan fingerprint density at radius 2 is 1.62 bits per heavy atom. The number of carbonyl (C=O) groups is 4. The number of ether oxygens (including phenoxy) is 3. The number of hydrogen-bond donors (Lipinski definition) is 0. The number of rotatable bonds is 9. The minimum Gasteiger partial charge on any atom is -0.462 e. The van der Waals surface area contributed by atoms with Gasteiger partial charge in [0.25, 0.3) is 5.91 Å². The van der Waals surface area contributed by atoms with Crippen molar-refractivity contribution in [1.82, 2.24) is 0 Å². The predicted molar refractivity (Wildman–Crippen MR) is 120 cm³/mol. The first kappa shape index (κ1) is 24.2. The molecule has 34 heavy (non-hydrogen) atoms. The van der Waals surface area contributed by atoms with Crippen molar-refractivity contribution in [2.45, 2.75) is 19.9 Å². The summed E-state index contributed by atoms with van der Waals surface area (Å²) >= 11 is 0. The Labute approximate surface area is 195 Å². The quantitative estimate of drug-likeness (QED) is 0.240. The summed E-state index contributed by atoms with van der Waals surface area (Å²) in [6.45, 7) is 2.91. The van der Waals surface area contributed by atoms with Gasteiger partial charge in [0.2, 0.25) is 6.04 Å². The van der Waals surface area contributed by atoms with Gasteiger partial charge in [-0.2, -0.15) is 20.3 Å². The van der Waals surface area contributed by atoms with E-state index in [-0.39, 0.29) is 31.1 Å². The van der Waals surface area contributed by atoms with Gasteiger partial charge >= 0.3 is 17.9 Å². The van der Waals surface area contributed by atoms with Gasteiger partial charge in [-0.15, -0.1) is 0 Å². The predicted octanol–water partition coefficient (Wildman–Crippen LogP) is 2.82. The number of anilines is 1. The van der Waals surface area contributed by atoms with Crippen LogP contribution < -0.4 is 5.01 Å². The number of azo groups is 1. The second kappa shape index (κ2) is 11.5. The fourth-order valence-corrected chi connectivity index (χ4v) is 2.85. The zero-order chi connectivity index (χ0) is 24.5. The highest BCUT2D eigenvalue weighted by Gasteiger charge is 2.41. The Bertz CT molecular complexity index is 1110. The van der Waals surface area contributed by atoms with Crippen LogP contribution in [-0.2, 0) is 28.6 Å². The highest BCUT2D eigenvalue weighted by atomic mass is 16.6. The van der Waals surface area contributed by atoms with E-state index >= 15 is 0 Å². The molecule has 1 amide bonds. The highest BCUT2D eigenvalue weighted by molar-refractivity contribution is 6.46. The zero-order valence-corrected chi connectivity index (χ0v) is 18.5. The lowest BCUT2D eigenvalue weighted by Crippen LogP contribution is -2.33. The van der Waals surface area contributed by atoms with Gasteiger partial charge in [0.1, 0.15) is 13.2 Å². The van der Waals surface area contributed by atoms with Crippen LogP contribution in [0.2, 0.25) is 0 Å². The van der Waals surface area contributed by atoms with Gasteiger partial charge in [-0.25, -0.2) is 9.59 Å². The molecule has 0 aliphatic carbocycles. The Morgan fingerprint density at radius 3 is 2.26 bits per heavy atom. The molecule has 0 radical (unpaired) electrons. The molecule has 1 unspecified atom stereocenters. The molecule has 176 valence electrons. The molecule has 0 spiro atoms. The number of para-hydroxylation sites is 1. The van der Waals surface area contributed by atoms with Gasteiger partial charge in [-0.3, -0.25) is 9.59 Å². The van der Waals surface area contributed by atoms with Crippen LogP contribution in [0, 0.1) is 0 Å². The van der Waals surface area contributed by atoms with E-state index in [9.17, 15) is 19.2 Å². The second-order valence-electron chi connectivity index (χ2n) is 6.83. The molecule has 0 bridgehead atoms. The van der Waals surface area contributed by atoms with E-state index in [0.29, 0.717) is 11.4 Å². The van der Waals surface area contributed by atoms with E-state index in [4.69, 9.17) is 14.2 Å². The van der Waals surface area contributed by atoms with E-state index < -0.39 is 29.9 Å². The average Bonchev–Trinajstić information content (AvgIpc) is 3.17. The number of hydrogen-bond acceptors (Lipinski definition) is 10. The summed E-state index contributed by atoms with van der Waals surface area (Å²) in [6, 6.07) is 13.3. The summed E-state index contributed by atoms with van der Waals surface area (Å²) in [7, 11) is 0. The molecule has 0 saturated carbocycles. The van der Waals surface area contributed by atoms with Crippen LogP contribution in [0.25, 0.3) is 0 Å². The molecule has 0 fully saturated rings. The molecule has 0 N–H and O–H groups in total. The molecular weight excluding hydrogens is 444 g/mol. The molecule has 11 nitrogen and oxygen atoms in total. The first-order valence-corrected chi connectivity index (χ1v) is 10.4. The van der Waals surface area contributed by atoms with Crippen molar-refractivity contribution in [2.24, 2.45) is 15.3 Å². The summed E-state index contributed by atoms with van der Waals surface area (Å²) in [5.74, 6) is -2.37. The monoisotopic (exact) mass is 466 g/mol. The minimum atomic E-state index is -1.27. The third kappa shape index (κ3) is 6.09. The van der Waals surface area contributed by atoms with E-state index in [0.717, 1.165) is 5.01 Å². The summed E-state index contributed by atoms with van der Waals surface area (Å²) in [6.07, 6.45) is 0. The number of benzene rings is 2. The molecule has 2 aromatic carbocycles. The van der Waals surface area contributed by atoms with Crippen LogP contribution in [-0.4, -0.2) is 55.4 Å². The Morgan fingerprint density at radius 1 is 0.941 bits per heavy atom. The Kier molecular flexibility index (Phi) is 8.16. The molecule has 1 aliphatic rings. The molecule has 0 saturated heterocycles. The Balaban J connectivity index is 1.70. The third-order valence-electron chi connectivity index (χ3n) is 4.41. The largest absolute Gasteiger partial charge is 0.462 e. The lowest BCUT2D eigenvalue weighted by atomic mass is 10.2. The van der Waals surface area contributed by atoms with Gasteiger partial charge in [0, 0.05) is 6.92 Å². The summed E-state index contributed by atoms with van der Waals surface area (Å²) in [4.78, 5) is 48.0. The van der Waals surface area contributed by atoms with Crippen LogP contribution in [0.5, 0.6) is 0 Å². The molecule has 3 rings (SSSR count). The summed E-state index contributed by atoms with van der Waals surface area (Å²) < 4.78 is 14.7. The number of carbonyl (C=O) groups excluding carboxylic acids is 4. The molecule has 1 aliphatic heterocycles.